The molecule has 0 atom stereocenters. The number of hydrogen-bond donors (Lipinski definition) is 2. The van der Waals surface area contributed by atoms with Crippen LogP contribution in [-0.4, -0.2) is 8.42 Å². The van der Waals surface area contributed by atoms with E-state index in [4.69, 9.17) is 9.56 Å². The molecule has 0 saturated carbocycles. The van der Waals surface area contributed by atoms with E-state index >= 15 is 0 Å². The Kier molecular flexibility index (Phi) is 3.59. The molecule has 7 heteroatoms. The molecule has 0 unspecified atom stereocenters. The Morgan fingerprint density at radius 2 is 2.05 bits per heavy atom. The maximum absolute atomic E-state index is 13.5. The summed E-state index contributed by atoms with van der Waals surface area (Å²) in [5.74, 6) is -0.0336. The Balaban J connectivity index is 2.11. The Hall–Kier alpha value is -1.86. The molecule has 1 heterocycles. The lowest BCUT2D eigenvalue weighted by Crippen LogP contribution is -2.10. The minimum absolute atomic E-state index is 0.163. The van der Waals surface area contributed by atoms with E-state index in [-0.39, 0.29) is 17.5 Å². The van der Waals surface area contributed by atoms with E-state index < -0.39 is 10.0 Å². The highest BCUT2D eigenvalue weighted by Crippen LogP contribution is 2.18. The molecule has 19 heavy (non-hydrogen) atoms. The van der Waals surface area contributed by atoms with Gasteiger partial charge >= 0.3 is 0 Å². The lowest BCUT2D eigenvalue weighted by molar-refractivity contribution is 0.419. The van der Waals surface area contributed by atoms with Crippen LogP contribution in [0.15, 0.2) is 39.8 Å². The lowest BCUT2D eigenvalue weighted by Gasteiger charge is -2.06. The standard InChI is InChI=1S/C12H13FN2O3S/c1-8-2-4-10(13)11(6-8)15-7-9-3-5-12(18-9)19(14,16)17/h2-6,15H,7H2,1H3,(H2,14,16,17). The minimum Gasteiger partial charge on any atom is -0.446 e. The van der Waals surface area contributed by atoms with Gasteiger partial charge in [0.1, 0.15) is 11.6 Å². The molecule has 5 nitrogen and oxygen atoms in total. The number of anilines is 1. The average molecular weight is 284 g/mol. The van der Waals surface area contributed by atoms with Crippen LogP contribution in [0.25, 0.3) is 0 Å². The third-order valence-corrected chi connectivity index (χ3v) is 3.27. The van der Waals surface area contributed by atoms with Crippen molar-refractivity contribution in [1.82, 2.24) is 0 Å². The molecule has 0 bridgehead atoms. The first-order valence-electron chi connectivity index (χ1n) is 5.48. The number of hydrogen-bond acceptors (Lipinski definition) is 4. The van der Waals surface area contributed by atoms with Crippen LogP contribution in [0.4, 0.5) is 10.1 Å². The molecule has 0 saturated heterocycles. The third-order valence-electron chi connectivity index (χ3n) is 2.49. The fraction of sp³-hybridized carbons (Fsp3) is 0.167. The number of halogens is 1. The van der Waals surface area contributed by atoms with Gasteiger partial charge in [-0.1, -0.05) is 6.07 Å². The molecule has 0 amide bonds. The second kappa shape index (κ2) is 5.02. The van der Waals surface area contributed by atoms with E-state index in [1.165, 1.54) is 18.2 Å². The average Bonchev–Trinajstić information content (AvgIpc) is 2.79. The lowest BCUT2D eigenvalue weighted by atomic mass is 10.2. The fourth-order valence-electron chi connectivity index (χ4n) is 1.56. The molecule has 0 aliphatic carbocycles. The predicted molar refractivity (Wildman–Crippen MR) is 68.5 cm³/mol. The van der Waals surface area contributed by atoms with E-state index in [1.54, 1.807) is 12.1 Å². The minimum atomic E-state index is -3.85. The highest BCUT2D eigenvalue weighted by molar-refractivity contribution is 7.89. The summed E-state index contributed by atoms with van der Waals surface area (Å²) >= 11 is 0. The van der Waals surface area contributed by atoms with Crippen LogP contribution < -0.4 is 10.5 Å². The summed E-state index contributed by atoms with van der Waals surface area (Å²) in [6.45, 7) is 2.01. The van der Waals surface area contributed by atoms with Gasteiger partial charge in [-0.05, 0) is 36.8 Å². The third kappa shape index (κ3) is 3.33. The SMILES string of the molecule is Cc1ccc(F)c(NCc2ccc(S(N)(=O)=O)o2)c1. The van der Waals surface area contributed by atoms with Crippen LogP contribution in [0.3, 0.4) is 0 Å². The van der Waals surface area contributed by atoms with Crippen molar-refractivity contribution in [3.8, 4) is 0 Å². The molecule has 0 fully saturated rings. The topological polar surface area (TPSA) is 85.3 Å². The summed E-state index contributed by atoms with van der Waals surface area (Å²) in [7, 11) is -3.85. The van der Waals surface area contributed by atoms with Gasteiger partial charge in [0.15, 0.2) is 0 Å². The molecular formula is C12H13FN2O3S. The zero-order valence-electron chi connectivity index (χ0n) is 10.2. The van der Waals surface area contributed by atoms with Gasteiger partial charge in [-0.3, -0.25) is 0 Å². The van der Waals surface area contributed by atoms with Crippen LogP contribution >= 0.6 is 0 Å². The van der Waals surface area contributed by atoms with Gasteiger partial charge in [-0.25, -0.2) is 17.9 Å². The monoisotopic (exact) mass is 284 g/mol. The molecular weight excluding hydrogens is 271 g/mol. The van der Waals surface area contributed by atoms with Crippen molar-refractivity contribution in [2.45, 2.75) is 18.6 Å². The van der Waals surface area contributed by atoms with Gasteiger partial charge in [-0.2, -0.15) is 0 Å². The van der Waals surface area contributed by atoms with E-state index in [0.717, 1.165) is 5.56 Å². The molecule has 0 radical (unpaired) electrons. The fourth-order valence-corrected chi connectivity index (χ4v) is 2.04. The zero-order chi connectivity index (χ0) is 14.0. The second-order valence-electron chi connectivity index (χ2n) is 4.10. The van der Waals surface area contributed by atoms with Gasteiger partial charge in [0, 0.05) is 0 Å². The van der Waals surface area contributed by atoms with Crippen molar-refractivity contribution in [1.29, 1.82) is 0 Å². The first-order chi connectivity index (χ1) is 8.86. The summed E-state index contributed by atoms with van der Waals surface area (Å²) in [4.78, 5) is 0. The van der Waals surface area contributed by atoms with Crippen molar-refractivity contribution in [2.75, 3.05) is 5.32 Å². The van der Waals surface area contributed by atoms with Crippen LogP contribution in [-0.2, 0) is 16.6 Å². The molecule has 0 aliphatic rings. The number of nitrogens with one attached hydrogen (secondary N) is 1. The first kappa shape index (κ1) is 13.6. The van der Waals surface area contributed by atoms with Crippen molar-refractivity contribution >= 4 is 15.7 Å². The molecule has 0 spiro atoms. The Morgan fingerprint density at radius 1 is 1.32 bits per heavy atom. The molecule has 0 aliphatic heterocycles. The number of benzene rings is 1. The number of primary sulfonamides is 1. The predicted octanol–water partition coefficient (Wildman–Crippen LogP) is 1.99. The molecule has 2 aromatic rings. The van der Waals surface area contributed by atoms with Gasteiger partial charge in [0.05, 0.1) is 12.2 Å². The van der Waals surface area contributed by atoms with Crippen LogP contribution in [0.2, 0.25) is 0 Å². The van der Waals surface area contributed by atoms with Gasteiger partial charge < -0.3 is 9.73 Å². The van der Waals surface area contributed by atoms with Crippen molar-refractivity contribution in [3.63, 3.8) is 0 Å². The quantitative estimate of drug-likeness (QED) is 0.899. The van der Waals surface area contributed by atoms with Crippen molar-refractivity contribution in [2.24, 2.45) is 5.14 Å². The van der Waals surface area contributed by atoms with E-state index in [0.29, 0.717) is 11.4 Å². The summed E-state index contributed by atoms with van der Waals surface area (Å²) in [6, 6.07) is 7.40. The second-order valence-corrected chi connectivity index (χ2v) is 5.59. The zero-order valence-corrected chi connectivity index (χ0v) is 11.0. The van der Waals surface area contributed by atoms with Crippen LogP contribution in [0.5, 0.6) is 0 Å². The van der Waals surface area contributed by atoms with Crippen molar-refractivity contribution < 1.29 is 17.2 Å². The molecule has 1 aromatic heterocycles. The van der Waals surface area contributed by atoms with E-state index in [9.17, 15) is 12.8 Å². The number of furan rings is 1. The number of nitrogens with two attached hydrogens (primary N) is 1. The van der Waals surface area contributed by atoms with Gasteiger partial charge in [0.25, 0.3) is 10.0 Å². The normalized spacial score (nSPS) is 11.5. The summed E-state index contributed by atoms with van der Waals surface area (Å²) in [6.07, 6.45) is 0. The maximum Gasteiger partial charge on any atom is 0.271 e. The summed E-state index contributed by atoms with van der Waals surface area (Å²) in [5, 5.41) is 7.44. The van der Waals surface area contributed by atoms with E-state index in [2.05, 4.69) is 5.32 Å². The number of sulfonamides is 1. The number of aryl methyl sites for hydroxylation is 1. The Labute approximate surface area is 110 Å². The van der Waals surface area contributed by atoms with Gasteiger partial charge in [-0.15, -0.1) is 0 Å². The summed E-state index contributed by atoms with van der Waals surface area (Å²) < 4.78 is 40.5. The molecule has 1 aromatic carbocycles. The molecule has 102 valence electrons. The maximum atomic E-state index is 13.5. The Bertz CT molecular complexity index is 695. The number of rotatable bonds is 4. The largest absolute Gasteiger partial charge is 0.446 e. The highest BCUT2D eigenvalue weighted by atomic mass is 32.2. The van der Waals surface area contributed by atoms with Crippen LogP contribution in [0, 0.1) is 12.7 Å². The van der Waals surface area contributed by atoms with Crippen molar-refractivity contribution in [3.05, 3.63) is 47.5 Å². The van der Waals surface area contributed by atoms with E-state index in [1.807, 2.05) is 6.92 Å². The summed E-state index contributed by atoms with van der Waals surface area (Å²) in [5.41, 5.74) is 1.24. The Morgan fingerprint density at radius 3 is 2.68 bits per heavy atom. The van der Waals surface area contributed by atoms with Gasteiger partial charge in [0.2, 0.25) is 5.09 Å². The highest BCUT2D eigenvalue weighted by Gasteiger charge is 2.13. The molecule has 2 rings (SSSR count). The van der Waals surface area contributed by atoms with Crippen LogP contribution in [0.1, 0.15) is 11.3 Å². The smallest absolute Gasteiger partial charge is 0.271 e. The first-order valence-corrected chi connectivity index (χ1v) is 7.02. The molecule has 3 N–H and O–H groups in total.